The number of hydrogen-bond donors (Lipinski definition) is 3. The predicted molar refractivity (Wildman–Crippen MR) is 79.9 cm³/mol. The molecule has 0 fully saturated rings. The van der Waals surface area contributed by atoms with Gasteiger partial charge in [-0.3, -0.25) is 0 Å². The van der Waals surface area contributed by atoms with Gasteiger partial charge in [0, 0.05) is 26.7 Å². The number of rotatable bonds is 8. The number of hydrogen-bond acceptors (Lipinski definition) is 8. The molecule has 0 saturated heterocycles. The minimum atomic E-state index is -3.45. The van der Waals surface area contributed by atoms with Crippen LogP contribution in [0.1, 0.15) is 20.3 Å². The van der Waals surface area contributed by atoms with Crippen LogP contribution >= 0.6 is 11.5 Å². The third-order valence-electron chi connectivity index (χ3n) is 2.84. The summed E-state index contributed by atoms with van der Waals surface area (Å²) in [4.78, 5) is 0.0209. The highest BCUT2D eigenvalue weighted by Gasteiger charge is 2.26. The van der Waals surface area contributed by atoms with Crippen LogP contribution in [-0.4, -0.2) is 49.5 Å². The van der Waals surface area contributed by atoms with E-state index in [1.165, 1.54) is 0 Å². The first-order valence-corrected chi connectivity index (χ1v) is 8.59. The van der Waals surface area contributed by atoms with E-state index >= 15 is 0 Å². The highest BCUT2D eigenvalue weighted by Crippen LogP contribution is 2.32. The quantitative estimate of drug-likeness (QED) is 0.645. The SMILES string of the molecule is CCS(=O)(=O)c1c(N)nsc1NCC(C)(O)CCOC. The van der Waals surface area contributed by atoms with Crippen molar-refractivity contribution in [3.63, 3.8) is 0 Å². The highest BCUT2D eigenvalue weighted by atomic mass is 32.2. The number of nitrogens with one attached hydrogen (secondary N) is 1. The lowest BCUT2D eigenvalue weighted by Gasteiger charge is -2.23. The molecule has 1 atom stereocenters. The Kier molecular flexibility index (Phi) is 5.75. The van der Waals surface area contributed by atoms with Crippen molar-refractivity contribution < 1.29 is 18.3 Å². The average molecular weight is 323 g/mol. The molecule has 0 radical (unpaired) electrons. The molecular weight excluding hydrogens is 302 g/mol. The number of aromatic nitrogens is 1. The van der Waals surface area contributed by atoms with E-state index in [1.54, 1.807) is 21.0 Å². The summed E-state index contributed by atoms with van der Waals surface area (Å²) in [6.45, 7) is 3.80. The maximum absolute atomic E-state index is 12.0. The second kappa shape index (κ2) is 6.70. The van der Waals surface area contributed by atoms with Crippen molar-refractivity contribution in [3.8, 4) is 0 Å². The van der Waals surface area contributed by atoms with Gasteiger partial charge in [-0.15, -0.1) is 0 Å². The van der Waals surface area contributed by atoms with Crippen molar-refractivity contribution in [2.24, 2.45) is 0 Å². The molecule has 4 N–H and O–H groups in total. The van der Waals surface area contributed by atoms with Gasteiger partial charge in [0.2, 0.25) is 0 Å². The maximum Gasteiger partial charge on any atom is 0.184 e. The van der Waals surface area contributed by atoms with E-state index in [9.17, 15) is 13.5 Å². The van der Waals surface area contributed by atoms with Crippen LogP contribution in [0.4, 0.5) is 10.8 Å². The molecule has 0 aliphatic carbocycles. The topological polar surface area (TPSA) is 115 Å². The first-order valence-electron chi connectivity index (χ1n) is 6.16. The van der Waals surface area contributed by atoms with Crippen molar-refractivity contribution >= 4 is 32.2 Å². The summed E-state index contributed by atoms with van der Waals surface area (Å²) in [5.74, 6) is -0.0550. The Morgan fingerprint density at radius 2 is 2.20 bits per heavy atom. The number of nitrogens with two attached hydrogens (primary N) is 1. The molecule has 0 amide bonds. The van der Waals surface area contributed by atoms with Crippen LogP contribution < -0.4 is 11.1 Å². The molecule has 9 heteroatoms. The Balaban J connectivity index is 2.85. The molecule has 1 heterocycles. The highest BCUT2D eigenvalue weighted by molar-refractivity contribution is 7.91. The molecule has 1 rings (SSSR count). The van der Waals surface area contributed by atoms with Gasteiger partial charge in [0.05, 0.1) is 11.4 Å². The van der Waals surface area contributed by atoms with E-state index in [0.717, 1.165) is 11.5 Å². The van der Waals surface area contributed by atoms with Gasteiger partial charge in [0.15, 0.2) is 15.7 Å². The fourth-order valence-electron chi connectivity index (χ4n) is 1.53. The van der Waals surface area contributed by atoms with Gasteiger partial charge in [-0.2, -0.15) is 4.37 Å². The molecule has 1 aromatic rings. The van der Waals surface area contributed by atoms with Crippen LogP contribution in [0.3, 0.4) is 0 Å². The van der Waals surface area contributed by atoms with Gasteiger partial charge < -0.3 is 20.9 Å². The summed E-state index contributed by atoms with van der Waals surface area (Å²) in [5, 5.41) is 13.4. The zero-order chi connectivity index (χ0) is 15.4. The predicted octanol–water partition coefficient (Wildman–Crippen LogP) is 0.718. The van der Waals surface area contributed by atoms with Crippen molar-refractivity contribution in [1.29, 1.82) is 0 Å². The van der Waals surface area contributed by atoms with Crippen molar-refractivity contribution in [1.82, 2.24) is 4.37 Å². The monoisotopic (exact) mass is 323 g/mol. The lowest BCUT2D eigenvalue weighted by molar-refractivity contribution is 0.0358. The van der Waals surface area contributed by atoms with Crippen LogP contribution in [0.15, 0.2) is 4.90 Å². The third-order valence-corrected chi connectivity index (χ3v) is 5.58. The van der Waals surface area contributed by atoms with Crippen LogP contribution in [0.25, 0.3) is 0 Å². The molecule has 1 aromatic heterocycles. The standard InChI is InChI=1S/C11H21N3O4S2/c1-4-20(16,17)8-9(12)14-19-10(8)13-7-11(2,15)5-6-18-3/h13,15H,4-7H2,1-3H3,(H2,12,14). The van der Waals surface area contributed by atoms with E-state index in [-0.39, 0.29) is 23.0 Å². The first-order chi connectivity index (χ1) is 9.23. The zero-order valence-corrected chi connectivity index (χ0v) is 13.5. The number of sulfone groups is 1. The number of anilines is 2. The summed E-state index contributed by atoms with van der Waals surface area (Å²) in [6.07, 6.45) is 0.431. The van der Waals surface area contributed by atoms with E-state index in [2.05, 4.69) is 9.69 Å². The van der Waals surface area contributed by atoms with Crippen molar-refractivity contribution in [2.45, 2.75) is 30.8 Å². The molecule has 20 heavy (non-hydrogen) atoms. The summed E-state index contributed by atoms with van der Waals surface area (Å²) >= 11 is 0.975. The van der Waals surface area contributed by atoms with Gasteiger partial charge in [-0.05, 0) is 18.5 Å². The largest absolute Gasteiger partial charge is 0.388 e. The lowest BCUT2D eigenvalue weighted by atomic mass is 10.0. The minimum Gasteiger partial charge on any atom is -0.388 e. The lowest BCUT2D eigenvalue weighted by Crippen LogP contribution is -2.34. The summed E-state index contributed by atoms with van der Waals surface area (Å²) in [5.41, 5.74) is 4.61. The Morgan fingerprint density at radius 3 is 2.75 bits per heavy atom. The molecule has 7 nitrogen and oxygen atoms in total. The maximum atomic E-state index is 12.0. The van der Waals surface area contributed by atoms with Crippen LogP contribution in [0, 0.1) is 0 Å². The fourth-order valence-corrected chi connectivity index (χ4v) is 3.70. The third kappa shape index (κ3) is 4.30. The minimum absolute atomic E-state index is 0.00381. The van der Waals surface area contributed by atoms with Gasteiger partial charge in [-0.25, -0.2) is 8.42 Å². The normalized spacial score (nSPS) is 15.0. The molecule has 0 aliphatic heterocycles. The fraction of sp³-hybridized carbons (Fsp3) is 0.727. The Labute approximate surface area is 123 Å². The second-order valence-electron chi connectivity index (χ2n) is 4.72. The molecular formula is C11H21N3O4S2. The number of aliphatic hydroxyl groups is 1. The molecule has 0 aromatic carbocycles. The number of nitrogen functional groups attached to an aromatic ring is 1. The Hall–Kier alpha value is -0.900. The second-order valence-corrected chi connectivity index (χ2v) is 7.71. The number of ether oxygens (including phenoxy) is 1. The van der Waals surface area contributed by atoms with Crippen molar-refractivity contribution in [2.75, 3.05) is 37.1 Å². The number of methoxy groups -OCH3 is 1. The first kappa shape index (κ1) is 17.2. The summed E-state index contributed by atoms with van der Waals surface area (Å²) < 4.78 is 32.7. The Morgan fingerprint density at radius 1 is 1.55 bits per heavy atom. The molecule has 0 saturated carbocycles. The zero-order valence-electron chi connectivity index (χ0n) is 11.8. The number of nitrogens with zero attached hydrogens (tertiary/aromatic N) is 1. The average Bonchev–Trinajstić information content (AvgIpc) is 2.76. The Bertz CT molecular complexity index is 540. The van der Waals surface area contributed by atoms with Crippen LogP contribution in [0.2, 0.25) is 0 Å². The van der Waals surface area contributed by atoms with E-state index < -0.39 is 15.4 Å². The van der Waals surface area contributed by atoms with Gasteiger partial charge in [-0.1, -0.05) is 6.92 Å². The van der Waals surface area contributed by atoms with E-state index in [4.69, 9.17) is 10.5 Å². The van der Waals surface area contributed by atoms with Crippen LogP contribution in [-0.2, 0) is 14.6 Å². The molecule has 0 bridgehead atoms. The van der Waals surface area contributed by atoms with Gasteiger partial charge >= 0.3 is 0 Å². The van der Waals surface area contributed by atoms with Gasteiger partial charge in [0.1, 0.15) is 9.90 Å². The van der Waals surface area contributed by atoms with Crippen molar-refractivity contribution in [3.05, 3.63) is 0 Å². The smallest absolute Gasteiger partial charge is 0.184 e. The summed E-state index contributed by atoms with van der Waals surface area (Å²) in [7, 11) is -1.89. The summed E-state index contributed by atoms with van der Waals surface area (Å²) in [6, 6.07) is 0. The van der Waals surface area contributed by atoms with Crippen LogP contribution in [0.5, 0.6) is 0 Å². The van der Waals surface area contributed by atoms with Gasteiger partial charge in [0.25, 0.3) is 0 Å². The molecule has 0 spiro atoms. The van der Waals surface area contributed by atoms with E-state index in [1.807, 2.05) is 0 Å². The molecule has 116 valence electrons. The molecule has 0 aliphatic rings. The van der Waals surface area contributed by atoms with E-state index in [0.29, 0.717) is 18.0 Å². The molecule has 1 unspecified atom stereocenters.